The van der Waals surface area contributed by atoms with Gasteiger partial charge in [0, 0.05) is 16.3 Å². The van der Waals surface area contributed by atoms with Gasteiger partial charge in [-0.15, -0.1) is 0 Å². The van der Waals surface area contributed by atoms with Gasteiger partial charge in [-0.25, -0.2) is 14.6 Å². The summed E-state index contributed by atoms with van der Waals surface area (Å²) in [5.74, 6) is -0.820. The highest BCUT2D eigenvalue weighted by atomic mass is 16.5. The Hall–Kier alpha value is -2.89. The molecule has 0 atom stereocenters. The van der Waals surface area contributed by atoms with Crippen LogP contribution in [-0.2, 0) is 9.47 Å². The Bertz CT molecular complexity index is 943. The first-order chi connectivity index (χ1) is 11.6. The third-order valence-corrected chi connectivity index (χ3v) is 3.86. The fourth-order valence-electron chi connectivity index (χ4n) is 2.80. The van der Waals surface area contributed by atoms with E-state index in [0.29, 0.717) is 18.8 Å². The second-order valence-electron chi connectivity index (χ2n) is 5.35. The summed E-state index contributed by atoms with van der Waals surface area (Å²) in [6.07, 6.45) is 1.61. The molecular formula is C18H18N2O4. The molecule has 0 aliphatic carbocycles. The molecule has 1 aromatic carbocycles. The van der Waals surface area contributed by atoms with Gasteiger partial charge in [0.25, 0.3) is 0 Å². The zero-order chi connectivity index (χ0) is 17.3. The highest BCUT2D eigenvalue weighted by Crippen LogP contribution is 2.30. The van der Waals surface area contributed by atoms with Gasteiger partial charge >= 0.3 is 11.9 Å². The summed E-state index contributed by atoms with van der Waals surface area (Å²) in [5, 5.41) is 1.70. The van der Waals surface area contributed by atoms with Crippen LogP contribution in [0.1, 0.15) is 40.3 Å². The Kier molecular flexibility index (Phi) is 4.20. The summed E-state index contributed by atoms with van der Waals surface area (Å²) >= 11 is 0. The average Bonchev–Trinajstić information content (AvgIpc) is 2.93. The summed E-state index contributed by atoms with van der Waals surface area (Å²) in [7, 11) is 0. The van der Waals surface area contributed by atoms with E-state index in [-0.39, 0.29) is 11.7 Å². The van der Waals surface area contributed by atoms with Crippen molar-refractivity contribution < 1.29 is 19.1 Å². The Morgan fingerprint density at radius 1 is 1.08 bits per heavy atom. The summed E-state index contributed by atoms with van der Waals surface area (Å²) in [4.78, 5) is 31.5. The molecule has 24 heavy (non-hydrogen) atoms. The lowest BCUT2D eigenvalue weighted by Crippen LogP contribution is -2.09. The van der Waals surface area contributed by atoms with Gasteiger partial charge in [-0.3, -0.25) is 0 Å². The van der Waals surface area contributed by atoms with Crippen molar-refractivity contribution in [3.63, 3.8) is 0 Å². The van der Waals surface area contributed by atoms with Crippen LogP contribution >= 0.6 is 0 Å². The van der Waals surface area contributed by atoms with Crippen molar-refractivity contribution in [2.45, 2.75) is 20.8 Å². The molecule has 0 bridgehead atoms. The molecular weight excluding hydrogens is 308 g/mol. The smallest absolute Gasteiger partial charge is 0.357 e. The van der Waals surface area contributed by atoms with Crippen molar-refractivity contribution in [3.8, 4) is 0 Å². The van der Waals surface area contributed by atoms with Crippen LogP contribution in [-0.4, -0.2) is 35.1 Å². The second kappa shape index (κ2) is 6.31. The van der Waals surface area contributed by atoms with Crippen LogP contribution in [0.4, 0.5) is 0 Å². The number of esters is 2. The van der Waals surface area contributed by atoms with Gasteiger partial charge in [0.1, 0.15) is 0 Å². The summed E-state index contributed by atoms with van der Waals surface area (Å²) in [6.45, 7) is 5.96. The SMILES string of the molecule is CCOC(=O)c1ccc2[nH]c3cnc(C(=O)OCC)c(C)c3c2c1. The quantitative estimate of drug-likeness (QED) is 0.743. The van der Waals surface area contributed by atoms with E-state index in [1.807, 2.05) is 13.0 Å². The van der Waals surface area contributed by atoms with Crippen molar-refractivity contribution in [2.24, 2.45) is 0 Å². The maximum atomic E-state index is 12.1. The molecule has 0 saturated heterocycles. The number of carbonyl (C=O) groups is 2. The van der Waals surface area contributed by atoms with Gasteiger partial charge in [-0.05, 0) is 44.5 Å². The van der Waals surface area contributed by atoms with E-state index in [4.69, 9.17) is 9.47 Å². The maximum absolute atomic E-state index is 12.1. The molecule has 0 radical (unpaired) electrons. The molecule has 0 spiro atoms. The molecule has 0 aliphatic heterocycles. The van der Waals surface area contributed by atoms with E-state index in [2.05, 4.69) is 9.97 Å². The van der Waals surface area contributed by atoms with E-state index in [9.17, 15) is 9.59 Å². The minimum atomic E-state index is -0.451. The fraction of sp³-hybridized carbons (Fsp3) is 0.278. The van der Waals surface area contributed by atoms with E-state index >= 15 is 0 Å². The molecule has 3 aromatic rings. The van der Waals surface area contributed by atoms with E-state index < -0.39 is 5.97 Å². The third kappa shape index (κ3) is 2.60. The zero-order valence-corrected chi connectivity index (χ0v) is 13.8. The maximum Gasteiger partial charge on any atom is 0.357 e. The molecule has 0 amide bonds. The third-order valence-electron chi connectivity index (χ3n) is 3.86. The van der Waals surface area contributed by atoms with E-state index in [1.165, 1.54) is 0 Å². The molecule has 1 N–H and O–H groups in total. The predicted molar refractivity (Wildman–Crippen MR) is 90.2 cm³/mol. The molecule has 0 saturated carbocycles. The number of nitrogens with one attached hydrogen (secondary N) is 1. The van der Waals surface area contributed by atoms with Gasteiger partial charge < -0.3 is 14.5 Å². The lowest BCUT2D eigenvalue weighted by molar-refractivity contribution is 0.0512. The van der Waals surface area contributed by atoms with Crippen molar-refractivity contribution in [1.29, 1.82) is 0 Å². The molecule has 3 rings (SSSR count). The number of hydrogen-bond donors (Lipinski definition) is 1. The van der Waals surface area contributed by atoms with Crippen LogP contribution < -0.4 is 0 Å². The van der Waals surface area contributed by atoms with Crippen molar-refractivity contribution >= 4 is 33.7 Å². The van der Waals surface area contributed by atoms with Crippen molar-refractivity contribution in [3.05, 3.63) is 41.2 Å². The number of H-pyrrole nitrogens is 1. The van der Waals surface area contributed by atoms with Gasteiger partial charge in [-0.2, -0.15) is 0 Å². The molecule has 2 aromatic heterocycles. The van der Waals surface area contributed by atoms with Gasteiger partial charge in [0.2, 0.25) is 0 Å². The topological polar surface area (TPSA) is 81.3 Å². The minimum Gasteiger partial charge on any atom is -0.462 e. The Morgan fingerprint density at radius 3 is 2.50 bits per heavy atom. The molecule has 0 fully saturated rings. The first-order valence-corrected chi connectivity index (χ1v) is 7.82. The number of rotatable bonds is 4. The second-order valence-corrected chi connectivity index (χ2v) is 5.35. The predicted octanol–water partition coefficient (Wildman–Crippen LogP) is 3.38. The van der Waals surface area contributed by atoms with E-state index in [1.54, 1.807) is 32.2 Å². The number of ether oxygens (including phenoxy) is 2. The van der Waals surface area contributed by atoms with E-state index in [0.717, 1.165) is 27.4 Å². The summed E-state index contributed by atoms with van der Waals surface area (Å²) in [5.41, 5.74) is 3.14. The van der Waals surface area contributed by atoms with Crippen LogP contribution in [0.5, 0.6) is 0 Å². The largest absolute Gasteiger partial charge is 0.462 e. The molecule has 0 aliphatic rings. The first kappa shape index (κ1) is 16.0. The monoisotopic (exact) mass is 326 g/mol. The average molecular weight is 326 g/mol. The first-order valence-electron chi connectivity index (χ1n) is 7.82. The number of benzene rings is 1. The Labute approximate surface area is 138 Å². The van der Waals surface area contributed by atoms with Crippen LogP contribution in [0.25, 0.3) is 21.8 Å². The van der Waals surface area contributed by atoms with Crippen LogP contribution in [0, 0.1) is 6.92 Å². The van der Waals surface area contributed by atoms with Crippen LogP contribution in [0.15, 0.2) is 24.4 Å². The number of aryl methyl sites for hydroxylation is 1. The highest BCUT2D eigenvalue weighted by molar-refractivity contribution is 6.12. The normalized spacial score (nSPS) is 11.0. The minimum absolute atomic E-state index is 0.284. The summed E-state index contributed by atoms with van der Waals surface area (Å²) < 4.78 is 10.1. The number of hydrogen-bond acceptors (Lipinski definition) is 5. The van der Waals surface area contributed by atoms with Crippen LogP contribution in [0.2, 0.25) is 0 Å². The van der Waals surface area contributed by atoms with Gasteiger partial charge in [0.15, 0.2) is 5.69 Å². The highest BCUT2D eigenvalue weighted by Gasteiger charge is 2.18. The summed E-state index contributed by atoms with van der Waals surface area (Å²) in [6, 6.07) is 5.31. The Morgan fingerprint density at radius 2 is 1.79 bits per heavy atom. The lowest BCUT2D eigenvalue weighted by Gasteiger charge is -2.06. The van der Waals surface area contributed by atoms with Crippen LogP contribution in [0.3, 0.4) is 0 Å². The van der Waals surface area contributed by atoms with Gasteiger partial charge in [-0.1, -0.05) is 0 Å². The number of carbonyl (C=O) groups excluding carboxylic acids is 2. The molecule has 6 nitrogen and oxygen atoms in total. The Balaban J connectivity index is 2.21. The van der Waals surface area contributed by atoms with Gasteiger partial charge in [0.05, 0.1) is 30.5 Å². The van der Waals surface area contributed by atoms with Crippen molar-refractivity contribution in [2.75, 3.05) is 13.2 Å². The number of nitrogens with zero attached hydrogens (tertiary/aromatic N) is 1. The number of aromatic amines is 1. The molecule has 124 valence electrons. The molecule has 0 unspecified atom stereocenters. The van der Waals surface area contributed by atoms with Crippen molar-refractivity contribution in [1.82, 2.24) is 9.97 Å². The zero-order valence-electron chi connectivity index (χ0n) is 13.8. The number of pyridine rings is 1. The number of fused-ring (bicyclic) bond motifs is 3. The fourth-order valence-corrected chi connectivity index (χ4v) is 2.80. The standard InChI is InChI=1S/C18H18N2O4/c1-4-23-17(21)11-6-7-13-12(8-11)15-10(3)16(18(22)24-5-2)19-9-14(15)20-13/h6-9,20H,4-5H2,1-3H3. The molecule has 6 heteroatoms. The molecule has 2 heterocycles. The number of aromatic nitrogens is 2. The lowest BCUT2D eigenvalue weighted by atomic mass is 10.0.